The van der Waals surface area contributed by atoms with Crippen molar-refractivity contribution in [3.8, 4) is 0 Å². The van der Waals surface area contributed by atoms with E-state index in [0.29, 0.717) is 6.04 Å². The van der Waals surface area contributed by atoms with Crippen molar-refractivity contribution in [1.29, 1.82) is 0 Å². The Hall–Kier alpha value is -0.130. The zero-order chi connectivity index (χ0) is 11.6. The number of hydrogen-bond donors (Lipinski definition) is 0. The van der Waals surface area contributed by atoms with Gasteiger partial charge in [0.05, 0.1) is 5.75 Å². The maximum atomic E-state index is 11.7. The molecular weight excluding hydrogens is 224 g/mol. The van der Waals surface area contributed by atoms with E-state index in [2.05, 4.69) is 4.90 Å². The summed E-state index contributed by atoms with van der Waals surface area (Å²) < 4.78 is 25.1. The second-order valence-corrected chi connectivity index (χ2v) is 7.03. The van der Waals surface area contributed by atoms with E-state index < -0.39 is 10.0 Å². The van der Waals surface area contributed by atoms with Crippen LogP contribution < -0.4 is 0 Å². The number of sulfonamides is 1. The van der Waals surface area contributed by atoms with Crippen LogP contribution in [0.4, 0.5) is 0 Å². The first-order valence-electron chi connectivity index (χ1n) is 6.35. The minimum absolute atomic E-state index is 0.237. The van der Waals surface area contributed by atoms with Gasteiger partial charge in [-0.25, -0.2) is 12.7 Å². The Morgan fingerprint density at radius 2 is 1.62 bits per heavy atom. The SMILES string of the molecule is CCS(=O)(=O)N1CCC(N2CCCC2)CC1. The van der Waals surface area contributed by atoms with Crippen molar-refractivity contribution in [2.45, 2.75) is 38.6 Å². The fourth-order valence-electron chi connectivity index (χ4n) is 2.77. The van der Waals surface area contributed by atoms with E-state index in [1.165, 1.54) is 25.9 Å². The second kappa shape index (κ2) is 5.02. The van der Waals surface area contributed by atoms with Crippen molar-refractivity contribution in [2.24, 2.45) is 0 Å². The maximum absolute atomic E-state index is 11.7. The molecule has 5 heteroatoms. The van der Waals surface area contributed by atoms with E-state index in [4.69, 9.17) is 0 Å². The highest BCUT2D eigenvalue weighted by atomic mass is 32.2. The maximum Gasteiger partial charge on any atom is 0.213 e. The fourth-order valence-corrected chi connectivity index (χ4v) is 3.91. The number of likely N-dealkylation sites (tertiary alicyclic amines) is 1. The van der Waals surface area contributed by atoms with Crippen LogP contribution in [0.25, 0.3) is 0 Å². The van der Waals surface area contributed by atoms with Crippen molar-refractivity contribution >= 4 is 10.0 Å². The van der Waals surface area contributed by atoms with Crippen LogP contribution in [0, 0.1) is 0 Å². The summed E-state index contributed by atoms with van der Waals surface area (Å²) >= 11 is 0. The zero-order valence-corrected chi connectivity index (χ0v) is 10.9. The van der Waals surface area contributed by atoms with Gasteiger partial charge in [0.15, 0.2) is 0 Å². The van der Waals surface area contributed by atoms with Gasteiger partial charge in [0, 0.05) is 19.1 Å². The largest absolute Gasteiger partial charge is 0.300 e. The molecule has 4 nitrogen and oxygen atoms in total. The summed E-state index contributed by atoms with van der Waals surface area (Å²) in [6, 6.07) is 0.630. The molecule has 2 aliphatic rings. The van der Waals surface area contributed by atoms with Crippen LogP contribution in [0.5, 0.6) is 0 Å². The Bertz CT molecular complexity index is 315. The molecule has 2 heterocycles. The lowest BCUT2D eigenvalue weighted by atomic mass is 10.1. The predicted molar refractivity (Wildman–Crippen MR) is 64.9 cm³/mol. The molecule has 16 heavy (non-hydrogen) atoms. The van der Waals surface area contributed by atoms with E-state index in [0.717, 1.165) is 25.9 Å². The van der Waals surface area contributed by atoms with Crippen LogP contribution in [0.3, 0.4) is 0 Å². The van der Waals surface area contributed by atoms with E-state index in [9.17, 15) is 8.42 Å². The summed E-state index contributed by atoms with van der Waals surface area (Å²) in [6.07, 6.45) is 4.65. The third-order valence-electron chi connectivity index (χ3n) is 3.84. The molecule has 94 valence electrons. The van der Waals surface area contributed by atoms with E-state index in [1.807, 2.05) is 0 Å². The summed E-state index contributed by atoms with van der Waals surface area (Å²) in [6.45, 7) is 5.59. The van der Waals surface area contributed by atoms with Gasteiger partial charge in [0.25, 0.3) is 0 Å². The molecule has 0 atom stereocenters. The van der Waals surface area contributed by atoms with Crippen LogP contribution in [-0.4, -0.2) is 55.6 Å². The van der Waals surface area contributed by atoms with Gasteiger partial charge in [-0.15, -0.1) is 0 Å². The minimum Gasteiger partial charge on any atom is -0.300 e. The smallest absolute Gasteiger partial charge is 0.213 e. The summed E-state index contributed by atoms with van der Waals surface area (Å²) in [7, 11) is -2.95. The molecule has 0 unspecified atom stereocenters. The van der Waals surface area contributed by atoms with Gasteiger partial charge in [-0.1, -0.05) is 0 Å². The highest BCUT2D eigenvalue weighted by Gasteiger charge is 2.30. The molecule has 0 amide bonds. The topological polar surface area (TPSA) is 40.6 Å². The summed E-state index contributed by atoms with van der Waals surface area (Å²) in [5, 5.41) is 0. The molecule has 0 aromatic carbocycles. The Kier molecular flexibility index (Phi) is 3.87. The lowest BCUT2D eigenvalue weighted by Crippen LogP contribution is -2.46. The van der Waals surface area contributed by atoms with Gasteiger partial charge in [-0.3, -0.25) is 0 Å². The monoisotopic (exact) mass is 246 g/mol. The van der Waals surface area contributed by atoms with Crippen LogP contribution >= 0.6 is 0 Å². The first kappa shape index (κ1) is 12.3. The zero-order valence-electron chi connectivity index (χ0n) is 10.1. The molecular formula is C11H22N2O2S. The van der Waals surface area contributed by atoms with Gasteiger partial charge in [0.2, 0.25) is 10.0 Å². The molecule has 2 saturated heterocycles. The average molecular weight is 246 g/mol. The molecule has 0 bridgehead atoms. The predicted octanol–water partition coefficient (Wildman–Crippen LogP) is 0.896. The second-order valence-electron chi connectivity index (χ2n) is 4.77. The van der Waals surface area contributed by atoms with E-state index >= 15 is 0 Å². The standard InChI is InChI=1S/C11H22N2O2S/c1-2-16(14,15)13-9-5-11(6-10-13)12-7-3-4-8-12/h11H,2-10H2,1H3. The Balaban J connectivity index is 1.87. The minimum atomic E-state index is -2.95. The van der Waals surface area contributed by atoms with Crippen molar-refractivity contribution < 1.29 is 8.42 Å². The first-order chi connectivity index (χ1) is 7.63. The molecule has 0 radical (unpaired) electrons. The third-order valence-corrected chi connectivity index (χ3v) is 5.72. The lowest BCUT2D eigenvalue weighted by Gasteiger charge is -2.35. The summed E-state index contributed by atoms with van der Waals surface area (Å²) in [5.74, 6) is 0.237. The highest BCUT2D eigenvalue weighted by molar-refractivity contribution is 7.89. The van der Waals surface area contributed by atoms with Crippen molar-refractivity contribution in [2.75, 3.05) is 31.9 Å². The summed E-state index contributed by atoms with van der Waals surface area (Å²) in [4.78, 5) is 2.54. The quantitative estimate of drug-likeness (QED) is 0.743. The molecule has 0 aromatic rings. The first-order valence-corrected chi connectivity index (χ1v) is 7.96. The number of piperidine rings is 1. The Morgan fingerprint density at radius 3 is 2.12 bits per heavy atom. The number of rotatable bonds is 3. The third kappa shape index (κ3) is 2.57. The average Bonchev–Trinajstić information content (AvgIpc) is 2.83. The van der Waals surface area contributed by atoms with Crippen molar-refractivity contribution in [3.05, 3.63) is 0 Å². The Labute approximate surface area is 98.7 Å². The van der Waals surface area contributed by atoms with Gasteiger partial charge in [0.1, 0.15) is 0 Å². The van der Waals surface area contributed by atoms with Gasteiger partial charge >= 0.3 is 0 Å². The highest BCUT2D eigenvalue weighted by Crippen LogP contribution is 2.22. The molecule has 2 aliphatic heterocycles. The van der Waals surface area contributed by atoms with Crippen LogP contribution in [0.1, 0.15) is 32.6 Å². The molecule has 0 spiro atoms. The van der Waals surface area contributed by atoms with Crippen molar-refractivity contribution in [3.63, 3.8) is 0 Å². The molecule has 2 fully saturated rings. The van der Waals surface area contributed by atoms with E-state index in [1.54, 1.807) is 11.2 Å². The number of hydrogen-bond acceptors (Lipinski definition) is 3. The fraction of sp³-hybridized carbons (Fsp3) is 1.00. The molecule has 0 aliphatic carbocycles. The summed E-state index contributed by atoms with van der Waals surface area (Å²) in [5.41, 5.74) is 0. The molecule has 0 N–H and O–H groups in total. The van der Waals surface area contributed by atoms with E-state index in [-0.39, 0.29) is 5.75 Å². The Morgan fingerprint density at radius 1 is 1.06 bits per heavy atom. The van der Waals surface area contributed by atoms with Crippen LogP contribution in [0.15, 0.2) is 0 Å². The lowest BCUT2D eigenvalue weighted by molar-refractivity contribution is 0.168. The van der Waals surface area contributed by atoms with Gasteiger partial charge < -0.3 is 4.90 Å². The molecule has 0 aromatic heterocycles. The van der Waals surface area contributed by atoms with Crippen LogP contribution in [0.2, 0.25) is 0 Å². The van der Waals surface area contributed by atoms with Gasteiger partial charge in [-0.05, 0) is 45.7 Å². The molecule has 0 saturated carbocycles. The van der Waals surface area contributed by atoms with Crippen molar-refractivity contribution in [1.82, 2.24) is 9.21 Å². The number of nitrogens with zero attached hydrogens (tertiary/aromatic N) is 2. The van der Waals surface area contributed by atoms with Crippen LogP contribution in [-0.2, 0) is 10.0 Å². The molecule has 2 rings (SSSR count). The normalized spacial score (nSPS) is 26.3. The van der Waals surface area contributed by atoms with Gasteiger partial charge in [-0.2, -0.15) is 0 Å².